The summed E-state index contributed by atoms with van der Waals surface area (Å²) in [7, 11) is 1.69. The predicted molar refractivity (Wildman–Crippen MR) is 159 cm³/mol. The number of carbonyl (C=O) groups excluding carboxylic acids is 1. The number of H-pyrrole nitrogens is 1. The maximum Gasteiger partial charge on any atom is 0.253 e. The largest absolute Gasteiger partial charge is 0.383 e. The molecule has 1 saturated heterocycles. The van der Waals surface area contributed by atoms with Crippen LogP contribution in [0, 0.1) is 20.8 Å². The van der Waals surface area contributed by atoms with Crippen molar-refractivity contribution >= 4 is 22.6 Å². The third kappa shape index (κ3) is 5.52. The number of ether oxygens (including phenoxy) is 1. The Hall–Kier alpha value is -3.95. The number of hydrogen-bond acceptors (Lipinski definition) is 6. The van der Waals surface area contributed by atoms with E-state index < -0.39 is 0 Å². The van der Waals surface area contributed by atoms with Crippen molar-refractivity contribution in [3.63, 3.8) is 0 Å². The molecular formula is C31H38N6O3. The molecule has 3 N–H and O–H groups in total. The number of fused-ring (bicyclic) bond motifs is 1. The minimum Gasteiger partial charge on any atom is -0.383 e. The Labute approximate surface area is 234 Å². The van der Waals surface area contributed by atoms with Crippen LogP contribution in [0.2, 0.25) is 0 Å². The topological polar surface area (TPSA) is 104 Å². The molecule has 1 atom stereocenters. The van der Waals surface area contributed by atoms with Crippen molar-refractivity contribution in [2.45, 2.75) is 40.3 Å². The lowest BCUT2D eigenvalue weighted by atomic mass is 9.98. The summed E-state index contributed by atoms with van der Waals surface area (Å²) in [6, 6.07) is 10.2. The minimum absolute atomic E-state index is 0.0781. The van der Waals surface area contributed by atoms with Crippen molar-refractivity contribution in [3.8, 4) is 11.1 Å². The molecule has 0 spiro atoms. The summed E-state index contributed by atoms with van der Waals surface area (Å²) in [4.78, 5) is 36.2. The molecule has 9 nitrogen and oxygen atoms in total. The fourth-order valence-electron chi connectivity index (χ4n) is 5.62. The van der Waals surface area contributed by atoms with E-state index in [9.17, 15) is 9.59 Å². The second-order valence-corrected chi connectivity index (χ2v) is 10.7. The van der Waals surface area contributed by atoms with Crippen LogP contribution in [0.1, 0.15) is 45.7 Å². The molecule has 5 rings (SSSR count). The van der Waals surface area contributed by atoms with Crippen LogP contribution in [0.15, 0.2) is 47.5 Å². The number of aromatic amines is 1. The number of amides is 1. The van der Waals surface area contributed by atoms with Gasteiger partial charge in [0.2, 0.25) is 0 Å². The summed E-state index contributed by atoms with van der Waals surface area (Å²) in [6.07, 6.45) is 3.96. The number of nitrogens with zero attached hydrogens (tertiary/aromatic N) is 3. The third-order valence-electron chi connectivity index (χ3n) is 7.69. The molecule has 1 fully saturated rings. The van der Waals surface area contributed by atoms with Gasteiger partial charge in [-0.25, -0.2) is 4.98 Å². The summed E-state index contributed by atoms with van der Waals surface area (Å²) in [6.45, 7) is 12.3. The second kappa shape index (κ2) is 11.7. The van der Waals surface area contributed by atoms with Crippen LogP contribution in [0.5, 0.6) is 0 Å². The lowest BCUT2D eigenvalue weighted by Crippen LogP contribution is -2.43. The van der Waals surface area contributed by atoms with E-state index in [1.54, 1.807) is 7.11 Å². The van der Waals surface area contributed by atoms with E-state index in [1.165, 1.54) is 0 Å². The van der Waals surface area contributed by atoms with Crippen molar-refractivity contribution in [2.24, 2.45) is 0 Å². The Morgan fingerprint density at radius 2 is 1.88 bits per heavy atom. The Bertz CT molecular complexity index is 1580. The number of hydrogen-bond donors (Lipinski definition) is 3. The summed E-state index contributed by atoms with van der Waals surface area (Å²) in [5, 5.41) is 7.27. The molecule has 0 saturated carbocycles. The molecule has 3 aromatic heterocycles. The van der Waals surface area contributed by atoms with Crippen LogP contribution in [-0.2, 0) is 11.3 Å². The van der Waals surface area contributed by atoms with Crippen LogP contribution >= 0.6 is 0 Å². The average Bonchev–Trinajstić information content (AvgIpc) is 3.29. The highest BCUT2D eigenvalue weighted by Crippen LogP contribution is 2.33. The van der Waals surface area contributed by atoms with Crippen LogP contribution in [0.3, 0.4) is 0 Å². The van der Waals surface area contributed by atoms with Gasteiger partial charge in [-0.3, -0.25) is 9.59 Å². The Kier molecular flexibility index (Phi) is 8.04. The first-order valence-electron chi connectivity index (χ1n) is 13.8. The van der Waals surface area contributed by atoms with E-state index in [1.807, 2.05) is 39.1 Å². The molecule has 1 aliphatic rings. The maximum atomic E-state index is 13.7. The molecule has 0 unspecified atom stereocenters. The zero-order valence-electron chi connectivity index (χ0n) is 23.9. The fourth-order valence-corrected chi connectivity index (χ4v) is 5.62. The highest BCUT2D eigenvalue weighted by molar-refractivity contribution is 6.09. The summed E-state index contributed by atoms with van der Waals surface area (Å²) in [5.74, 6) is 0.729. The number of anilines is 1. The standard InChI is InChI=1S/C31H38N6O3/c1-19-12-21(3)35-31(39)26(19)16-34-30(38)25-13-24(14-27-29(25)20(2)17-37(27)22(4)18-40-5)23-6-7-28(33-15-23)36-10-8-32-9-11-36/h6-7,12-15,17,22,32H,8-11,16,18H2,1-5H3,(H,34,38)(H,35,39)/t22-/m1/s1. The molecule has 1 amide bonds. The Morgan fingerprint density at radius 3 is 2.55 bits per heavy atom. The van der Waals surface area contributed by atoms with Gasteiger partial charge in [0.1, 0.15) is 5.82 Å². The van der Waals surface area contributed by atoms with Crippen LogP contribution in [0.4, 0.5) is 5.82 Å². The summed E-state index contributed by atoms with van der Waals surface area (Å²) >= 11 is 0. The second-order valence-electron chi connectivity index (χ2n) is 10.7. The lowest BCUT2D eigenvalue weighted by molar-refractivity contribution is 0.0952. The van der Waals surface area contributed by atoms with E-state index >= 15 is 0 Å². The molecule has 9 heteroatoms. The van der Waals surface area contributed by atoms with Gasteiger partial charge >= 0.3 is 0 Å². The molecule has 0 aliphatic carbocycles. The van der Waals surface area contributed by atoms with Gasteiger partial charge in [0, 0.05) is 80.0 Å². The highest BCUT2D eigenvalue weighted by atomic mass is 16.5. The number of nitrogens with one attached hydrogen (secondary N) is 3. The van der Waals surface area contributed by atoms with Crippen LogP contribution in [0.25, 0.3) is 22.0 Å². The Balaban J connectivity index is 1.54. The minimum atomic E-state index is -0.225. The highest BCUT2D eigenvalue weighted by Gasteiger charge is 2.21. The smallest absolute Gasteiger partial charge is 0.253 e. The zero-order valence-corrected chi connectivity index (χ0v) is 23.9. The number of methoxy groups -OCH3 is 1. The van der Waals surface area contributed by atoms with E-state index in [0.29, 0.717) is 17.7 Å². The van der Waals surface area contributed by atoms with Crippen molar-refractivity contribution in [1.29, 1.82) is 0 Å². The number of aromatic nitrogens is 3. The zero-order chi connectivity index (χ0) is 28.4. The molecule has 0 radical (unpaired) electrons. The van der Waals surface area contributed by atoms with E-state index in [-0.39, 0.29) is 24.1 Å². The van der Waals surface area contributed by atoms with Gasteiger partial charge in [0.05, 0.1) is 18.2 Å². The normalized spacial score (nSPS) is 14.5. The number of benzene rings is 1. The van der Waals surface area contributed by atoms with Crippen molar-refractivity contribution < 1.29 is 9.53 Å². The maximum absolute atomic E-state index is 13.7. The van der Waals surface area contributed by atoms with E-state index in [0.717, 1.165) is 70.8 Å². The van der Waals surface area contributed by atoms with Crippen LogP contribution < -0.4 is 21.1 Å². The first kappa shape index (κ1) is 27.6. The molecule has 1 aromatic carbocycles. The first-order valence-corrected chi connectivity index (χ1v) is 13.8. The van der Waals surface area contributed by atoms with Gasteiger partial charge in [-0.2, -0.15) is 0 Å². The monoisotopic (exact) mass is 542 g/mol. The molecule has 40 heavy (non-hydrogen) atoms. The van der Waals surface area contributed by atoms with Gasteiger partial charge in [0.25, 0.3) is 11.5 Å². The molecule has 4 aromatic rings. The first-order chi connectivity index (χ1) is 19.3. The quantitative estimate of drug-likeness (QED) is 0.312. The van der Waals surface area contributed by atoms with Crippen molar-refractivity contribution in [2.75, 3.05) is 44.8 Å². The molecular weight excluding hydrogens is 504 g/mol. The SMILES string of the molecule is COC[C@@H](C)n1cc(C)c2c(C(=O)NCc3c(C)cc(C)[nH]c3=O)cc(-c3ccc(N4CCNCC4)nc3)cc21. The van der Waals surface area contributed by atoms with Crippen molar-refractivity contribution in [3.05, 3.63) is 81.0 Å². The van der Waals surface area contributed by atoms with Gasteiger partial charge in [-0.15, -0.1) is 0 Å². The fraction of sp³-hybridized carbons (Fsp3) is 0.387. The summed E-state index contributed by atoms with van der Waals surface area (Å²) < 4.78 is 7.62. The summed E-state index contributed by atoms with van der Waals surface area (Å²) in [5.41, 5.74) is 6.41. The number of carbonyl (C=O) groups is 1. The lowest BCUT2D eigenvalue weighted by Gasteiger charge is -2.28. The number of pyridine rings is 2. The van der Waals surface area contributed by atoms with Crippen LogP contribution in [-0.4, -0.2) is 60.3 Å². The predicted octanol–water partition coefficient (Wildman–Crippen LogP) is 3.86. The van der Waals surface area contributed by atoms with Gasteiger partial charge in [-0.1, -0.05) is 0 Å². The number of rotatable bonds is 8. The number of aryl methyl sites for hydroxylation is 3. The molecule has 0 bridgehead atoms. The van der Waals surface area contributed by atoms with E-state index in [2.05, 4.69) is 56.4 Å². The van der Waals surface area contributed by atoms with Gasteiger partial charge in [-0.05, 0) is 74.7 Å². The van der Waals surface area contributed by atoms with Gasteiger partial charge < -0.3 is 29.8 Å². The molecule has 210 valence electrons. The third-order valence-corrected chi connectivity index (χ3v) is 7.69. The number of piperazine rings is 1. The van der Waals surface area contributed by atoms with Crippen molar-refractivity contribution in [1.82, 2.24) is 25.2 Å². The van der Waals surface area contributed by atoms with Gasteiger partial charge in [0.15, 0.2) is 0 Å². The molecule has 4 heterocycles. The Morgan fingerprint density at radius 1 is 1.10 bits per heavy atom. The molecule has 1 aliphatic heterocycles. The van der Waals surface area contributed by atoms with E-state index in [4.69, 9.17) is 9.72 Å². The average molecular weight is 543 g/mol.